The highest BCUT2D eigenvalue weighted by atomic mass is 32.2. The minimum atomic E-state index is -1.25. The number of rotatable bonds is 7. The summed E-state index contributed by atoms with van der Waals surface area (Å²) in [6.07, 6.45) is 3.95. The van der Waals surface area contributed by atoms with Crippen LogP contribution in [0.2, 0.25) is 0 Å². The van der Waals surface area contributed by atoms with Gasteiger partial charge in [0.1, 0.15) is 10.6 Å². The molecule has 4 nitrogen and oxygen atoms in total. The van der Waals surface area contributed by atoms with Gasteiger partial charge in [-0.25, -0.2) is 4.39 Å². The lowest BCUT2D eigenvalue weighted by molar-refractivity contribution is -0.182. The van der Waals surface area contributed by atoms with Gasteiger partial charge in [-0.3, -0.25) is 0 Å². The van der Waals surface area contributed by atoms with Crippen molar-refractivity contribution in [2.75, 3.05) is 19.5 Å². The Balaban J connectivity index is 2.17. The van der Waals surface area contributed by atoms with Gasteiger partial charge in [0.05, 0.1) is 19.3 Å². The molecule has 7 heteroatoms. The first-order valence-corrected chi connectivity index (χ1v) is 10.9. The maximum Gasteiger partial charge on any atom is 0.157 e. The number of hydrogen-bond donors (Lipinski definition) is 1. The van der Waals surface area contributed by atoms with Crippen LogP contribution in [0, 0.1) is 5.82 Å². The molecule has 1 aromatic rings. The Hall–Kier alpha value is -0.310. The van der Waals surface area contributed by atoms with E-state index in [0.29, 0.717) is 26.1 Å². The van der Waals surface area contributed by atoms with Crippen LogP contribution >= 0.6 is 11.8 Å². The van der Waals surface area contributed by atoms with Crippen LogP contribution in [-0.4, -0.2) is 35.1 Å². The van der Waals surface area contributed by atoms with Crippen LogP contribution in [0.1, 0.15) is 51.6 Å². The number of hydrogen-bond acceptors (Lipinski definition) is 5. The zero-order valence-corrected chi connectivity index (χ0v) is 17.0. The summed E-state index contributed by atoms with van der Waals surface area (Å²) in [5, 5.41) is 0. The molecule has 1 heterocycles. The molecule has 0 bridgehead atoms. The first-order valence-electron chi connectivity index (χ1n) is 8.56. The van der Waals surface area contributed by atoms with E-state index in [2.05, 4.69) is 4.72 Å². The van der Waals surface area contributed by atoms with E-state index in [4.69, 9.17) is 9.47 Å². The van der Waals surface area contributed by atoms with Crippen LogP contribution in [0.5, 0.6) is 0 Å². The van der Waals surface area contributed by atoms with Crippen molar-refractivity contribution in [3.05, 3.63) is 29.6 Å². The summed E-state index contributed by atoms with van der Waals surface area (Å²) >= 11 is 0.306. The third-order valence-electron chi connectivity index (χ3n) is 3.96. The van der Waals surface area contributed by atoms with Gasteiger partial charge in [-0.05, 0) is 63.6 Å². The summed E-state index contributed by atoms with van der Waals surface area (Å²) < 4.78 is 40.5. The molecule has 1 aliphatic heterocycles. The molecule has 0 saturated carbocycles. The Morgan fingerprint density at radius 2 is 2.04 bits per heavy atom. The van der Waals surface area contributed by atoms with Gasteiger partial charge in [0.15, 0.2) is 6.29 Å². The second kappa shape index (κ2) is 9.58. The molecule has 2 atom stereocenters. The van der Waals surface area contributed by atoms with Crippen LogP contribution in [-0.2, 0) is 20.8 Å². The van der Waals surface area contributed by atoms with Crippen LogP contribution < -0.4 is 4.72 Å². The van der Waals surface area contributed by atoms with E-state index in [1.165, 1.54) is 12.1 Å². The molecule has 1 saturated heterocycles. The van der Waals surface area contributed by atoms with E-state index in [1.54, 1.807) is 17.8 Å². The van der Waals surface area contributed by atoms with Crippen molar-refractivity contribution in [1.82, 2.24) is 4.72 Å². The first-order chi connectivity index (χ1) is 11.8. The van der Waals surface area contributed by atoms with E-state index in [1.807, 2.05) is 27.0 Å². The largest absolute Gasteiger partial charge is 0.598 e. The number of ether oxygens (including phenoxy) is 2. The van der Waals surface area contributed by atoms with Crippen molar-refractivity contribution < 1.29 is 18.4 Å². The Morgan fingerprint density at radius 1 is 1.36 bits per heavy atom. The van der Waals surface area contributed by atoms with Crippen molar-refractivity contribution in [3.8, 4) is 0 Å². The SMILES string of the molecule is CSc1ccc(F)cc1C(CCC1OCCCO1)N[S@+]([O-])C(C)(C)C. The van der Waals surface area contributed by atoms with Crippen molar-refractivity contribution in [2.24, 2.45) is 0 Å². The minimum absolute atomic E-state index is 0.229. The van der Waals surface area contributed by atoms with Gasteiger partial charge in [-0.1, -0.05) is 0 Å². The van der Waals surface area contributed by atoms with Crippen molar-refractivity contribution in [1.29, 1.82) is 0 Å². The monoisotopic (exact) mass is 389 g/mol. The highest BCUT2D eigenvalue weighted by Gasteiger charge is 2.31. The highest BCUT2D eigenvalue weighted by molar-refractivity contribution is 7.98. The zero-order valence-electron chi connectivity index (χ0n) is 15.3. The lowest BCUT2D eigenvalue weighted by atomic mass is 10.0. The van der Waals surface area contributed by atoms with Crippen molar-refractivity contribution in [3.63, 3.8) is 0 Å². The molecule has 1 aromatic carbocycles. The summed E-state index contributed by atoms with van der Waals surface area (Å²) in [6, 6.07) is 4.54. The molecule has 0 spiro atoms. The number of thioether (sulfide) groups is 1. The summed E-state index contributed by atoms with van der Waals surface area (Å²) in [4.78, 5) is 0.982. The molecule has 25 heavy (non-hydrogen) atoms. The fraction of sp³-hybridized carbons (Fsp3) is 0.667. The number of nitrogens with one attached hydrogen (secondary N) is 1. The third-order valence-corrected chi connectivity index (χ3v) is 6.38. The van der Waals surface area contributed by atoms with Gasteiger partial charge in [0.2, 0.25) is 0 Å². The molecule has 1 unspecified atom stereocenters. The Kier molecular flexibility index (Phi) is 8.04. The standard InChI is InChI=1S/C18H28FNO3S2/c1-18(2,3)25(21)20-15(7-9-17-22-10-5-11-23-17)14-12-13(19)6-8-16(14)24-4/h6,8,12,15,17,20H,5,7,9-11H2,1-4H3/t15?,25-/m1/s1. The molecular formula is C18H28FNO3S2. The smallest absolute Gasteiger partial charge is 0.157 e. The average molecular weight is 390 g/mol. The molecule has 0 radical (unpaired) electrons. The maximum atomic E-state index is 13.8. The molecule has 2 rings (SSSR count). The summed E-state index contributed by atoms with van der Waals surface area (Å²) in [6.45, 7) is 7.16. The predicted octanol–water partition coefficient (Wildman–Crippen LogP) is 4.18. The van der Waals surface area contributed by atoms with Gasteiger partial charge < -0.3 is 14.0 Å². The molecule has 142 valence electrons. The lowest BCUT2D eigenvalue weighted by Gasteiger charge is -2.30. The molecule has 1 aliphatic rings. The first kappa shape index (κ1) is 21.0. The Morgan fingerprint density at radius 3 is 2.64 bits per heavy atom. The molecule has 0 aliphatic carbocycles. The summed E-state index contributed by atoms with van der Waals surface area (Å²) in [5.41, 5.74) is 0.834. The van der Waals surface area contributed by atoms with Gasteiger partial charge in [-0.2, -0.15) is 0 Å². The summed E-state index contributed by atoms with van der Waals surface area (Å²) in [5.74, 6) is -0.286. The highest BCUT2D eigenvalue weighted by Crippen LogP contribution is 2.32. The van der Waals surface area contributed by atoms with Gasteiger partial charge in [-0.15, -0.1) is 16.5 Å². The molecule has 1 N–H and O–H groups in total. The number of benzene rings is 1. The Bertz CT molecular complexity index is 548. The van der Waals surface area contributed by atoms with E-state index < -0.39 is 16.1 Å². The van der Waals surface area contributed by atoms with Crippen LogP contribution in [0.4, 0.5) is 4.39 Å². The lowest BCUT2D eigenvalue weighted by Crippen LogP contribution is -2.41. The quantitative estimate of drug-likeness (QED) is 0.560. The van der Waals surface area contributed by atoms with E-state index in [0.717, 1.165) is 16.9 Å². The fourth-order valence-corrected chi connectivity index (χ4v) is 4.07. The normalized spacial score (nSPS) is 19.0. The van der Waals surface area contributed by atoms with E-state index >= 15 is 0 Å². The molecule has 0 aromatic heterocycles. The third kappa shape index (κ3) is 6.41. The van der Waals surface area contributed by atoms with Crippen molar-refractivity contribution >= 4 is 23.1 Å². The Labute approximate surface area is 157 Å². The molecule has 1 fully saturated rings. The zero-order chi connectivity index (χ0) is 18.4. The average Bonchev–Trinajstić information content (AvgIpc) is 2.58. The van der Waals surface area contributed by atoms with Crippen LogP contribution in [0.15, 0.2) is 23.1 Å². The second-order valence-corrected chi connectivity index (χ2v) is 9.89. The van der Waals surface area contributed by atoms with Gasteiger partial charge in [0.25, 0.3) is 0 Å². The summed E-state index contributed by atoms with van der Waals surface area (Å²) in [7, 11) is 0. The molecular weight excluding hydrogens is 361 g/mol. The second-order valence-electron chi connectivity index (χ2n) is 7.04. The van der Waals surface area contributed by atoms with Gasteiger partial charge >= 0.3 is 0 Å². The fourth-order valence-electron chi connectivity index (χ4n) is 2.57. The minimum Gasteiger partial charge on any atom is -0.598 e. The van der Waals surface area contributed by atoms with E-state index in [9.17, 15) is 8.94 Å². The number of halogens is 1. The van der Waals surface area contributed by atoms with E-state index in [-0.39, 0.29) is 18.1 Å². The van der Waals surface area contributed by atoms with Crippen molar-refractivity contribution in [2.45, 2.75) is 62.0 Å². The predicted molar refractivity (Wildman–Crippen MR) is 101 cm³/mol. The van der Waals surface area contributed by atoms with Gasteiger partial charge in [0, 0.05) is 22.7 Å². The van der Waals surface area contributed by atoms with Crippen LogP contribution in [0.3, 0.4) is 0 Å². The topological polar surface area (TPSA) is 53.5 Å². The maximum absolute atomic E-state index is 13.8. The van der Waals surface area contributed by atoms with Crippen LogP contribution in [0.25, 0.3) is 0 Å². The molecule has 0 amide bonds.